The van der Waals surface area contributed by atoms with Crippen molar-refractivity contribution in [2.75, 3.05) is 7.05 Å². The molecule has 2 aromatic heterocycles. The van der Waals surface area contributed by atoms with Gasteiger partial charge in [0.25, 0.3) is 5.89 Å². The molecule has 0 bridgehead atoms. The third kappa shape index (κ3) is 3.27. The highest BCUT2D eigenvalue weighted by Crippen LogP contribution is 2.28. The van der Waals surface area contributed by atoms with Gasteiger partial charge in [0, 0.05) is 23.7 Å². The number of nitrogens with one attached hydrogen (secondary N) is 2. The zero-order chi connectivity index (χ0) is 16.3. The van der Waals surface area contributed by atoms with E-state index in [1.54, 1.807) is 6.92 Å². The highest BCUT2D eigenvalue weighted by molar-refractivity contribution is 5.98. The fourth-order valence-electron chi connectivity index (χ4n) is 2.65. The number of aromatic nitrogens is 3. The van der Waals surface area contributed by atoms with Gasteiger partial charge >= 0.3 is 0 Å². The van der Waals surface area contributed by atoms with Gasteiger partial charge in [-0.05, 0) is 39.8 Å². The van der Waals surface area contributed by atoms with E-state index >= 15 is 0 Å². The lowest BCUT2D eigenvalue weighted by molar-refractivity contribution is 0.101. The van der Waals surface area contributed by atoms with Gasteiger partial charge in [-0.3, -0.25) is 4.79 Å². The lowest BCUT2D eigenvalue weighted by Gasteiger charge is -2.04. The zero-order valence-corrected chi connectivity index (χ0v) is 13.9. The molecule has 2 N–H and O–H groups in total. The number of hydrogen-bond donors (Lipinski definition) is 2. The largest absolute Gasteiger partial charge is 0.354 e. The summed E-state index contributed by atoms with van der Waals surface area (Å²) in [6.07, 6.45) is 2.45. The molecule has 1 atom stereocenters. The SMILES string of the molecule is CCCc1c(-c2nc(CC(C)NC)no2)[nH]c(C)c1C(C)=O. The normalized spacial score (nSPS) is 12.6. The number of carbonyl (C=O) groups is 1. The molecule has 0 aliphatic carbocycles. The van der Waals surface area contributed by atoms with Crippen molar-refractivity contribution in [2.24, 2.45) is 0 Å². The second kappa shape index (κ2) is 6.87. The Kier molecular flexibility index (Phi) is 5.13. The van der Waals surface area contributed by atoms with E-state index in [0.717, 1.165) is 35.4 Å². The Balaban J connectivity index is 2.40. The molecular formula is C16H24N4O2. The molecule has 2 aromatic rings. The highest BCUT2D eigenvalue weighted by atomic mass is 16.5. The molecule has 6 nitrogen and oxygen atoms in total. The Morgan fingerprint density at radius 1 is 1.45 bits per heavy atom. The van der Waals surface area contributed by atoms with Gasteiger partial charge in [0.2, 0.25) is 0 Å². The first-order chi connectivity index (χ1) is 10.5. The third-order valence-corrected chi connectivity index (χ3v) is 3.81. The van der Waals surface area contributed by atoms with Crippen molar-refractivity contribution in [3.05, 3.63) is 22.6 Å². The summed E-state index contributed by atoms with van der Waals surface area (Å²) in [4.78, 5) is 19.6. The minimum Gasteiger partial charge on any atom is -0.354 e. The molecule has 22 heavy (non-hydrogen) atoms. The van der Waals surface area contributed by atoms with Crippen LogP contribution in [0.15, 0.2) is 4.52 Å². The number of Topliss-reactive ketones (excluding diaryl/α,β-unsaturated/α-hetero) is 1. The second-order valence-corrected chi connectivity index (χ2v) is 5.69. The predicted octanol–water partition coefficient (Wildman–Crippen LogP) is 2.68. The van der Waals surface area contributed by atoms with E-state index < -0.39 is 0 Å². The van der Waals surface area contributed by atoms with Crippen molar-refractivity contribution in [3.8, 4) is 11.6 Å². The highest BCUT2D eigenvalue weighted by Gasteiger charge is 2.22. The van der Waals surface area contributed by atoms with E-state index in [-0.39, 0.29) is 11.8 Å². The number of hydrogen-bond acceptors (Lipinski definition) is 5. The number of nitrogens with zero attached hydrogens (tertiary/aromatic N) is 2. The maximum atomic E-state index is 11.9. The summed E-state index contributed by atoms with van der Waals surface area (Å²) in [6, 6.07) is 0.277. The van der Waals surface area contributed by atoms with Crippen molar-refractivity contribution < 1.29 is 9.32 Å². The Hall–Kier alpha value is -1.95. The molecule has 0 aliphatic rings. The summed E-state index contributed by atoms with van der Waals surface area (Å²) >= 11 is 0. The maximum Gasteiger partial charge on any atom is 0.274 e. The average molecular weight is 304 g/mol. The standard InChI is InChI=1S/C16H24N4O2/c1-6-7-12-14(11(4)21)10(3)18-15(12)16-19-13(20-22-16)8-9(2)17-5/h9,17-18H,6-8H2,1-5H3. The van der Waals surface area contributed by atoms with Crippen LogP contribution < -0.4 is 5.32 Å². The summed E-state index contributed by atoms with van der Waals surface area (Å²) in [5, 5.41) is 7.18. The van der Waals surface area contributed by atoms with E-state index in [2.05, 4.69) is 34.3 Å². The van der Waals surface area contributed by atoms with Crippen molar-refractivity contribution >= 4 is 5.78 Å². The maximum absolute atomic E-state index is 11.9. The van der Waals surface area contributed by atoms with Crippen LogP contribution in [0.2, 0.25) is 0 Å². The molecule has 0 aromatic carbocycles. The van der Waals surface area contributed by atoms with Crippen molar-refractivity contribution in [1.82, 2.24) is 20.4 Å². The molecule has 0 aliphatic heterocycles. The second-order valence-electron chi connectivity index (χ2n) is 5.69. The molecule has 0 amide bonds. The van der Waals surface area contributed by atoms with Gasteiger partial charge in [-0.2, -0.15) is 4.98 Å². The predicted molar refractivity (Wildman–Crippen MR) is 85.0 cm³/mol. The van der Waals surface area contributed by atoms with E-state index in [1.807, 2.05) is 14.0 Å². The lowest BCUT2D eigenvalue weighted by Crippen LogP contribution is -2.24. The van der Waals surface area contributed by atoms with Crippen molar-refractivity contribution in [1.29, 1.82) is 0 Å². The van der Waals surface area contributed by atoms with Crippen LogP contribution in [0.25, 0.3) is 11.6 Å². The van der Waals surface area contributed by atoms with E-state index in [4.69, 9.17) is 4.52 Å². The number of rotatable bonds is 7. The number of aryl methyl sites for hydroxylation is 1. The van der Waals surface area contributed by atoms with Crippen LogP contribution in [-0.4, -0.2) is 34.0 Å². The van der Waals surface area contributed by atoms with Crippen LogP contribution in [0, 0.1) is 6.92 Å². The summed E-state index contributed by atoms with van der Waals surface area (Å²) in [5.41, 5.74) is 3.36. The smallest absolute Gasteiger partial charge is 0.274 e. The number of ketones is 1. The summed E-state index contributed by atoms with van der Waals surface area (Å²) in [6.45, 7) is 7.64. The quantitative estimate of drug-likeness (QED) is 0.768. The molecule has 120 valence electrons. The van der Waals surface area contributed by atoms with Crippen LogP contribution in [0.4, 0.5) is 0 Å². The van der Waals surface area contributed by atoms with Gasteiger partial charge in [0.1, 0.15) is 5.69 Å². The van der Waals surface area contributed by atoms with Crippen LogP contribution >= 0.6 is 0 Å². The van der Waals surface area contributed by atoms with Crippen LogP contribution in [0.5, 0.6) is 0 Å². The molecule has 1 unspecified atom stereocenters. The monoisotopic (exact) mass is 304 g/mol. The first kappa shape index (κ1) is 16.4. The minimum atomic E-state index is 0.0620. The van der Waals surface area contributed by atoms with Gasteiger partial charge in [-0.1, -0.05) is 18.5 Å². The third-order valence-electron chi connectivity index (χ3n) is 3.81. The number of likely N-dealkylation sites (N-methyl/N-ethyl adjacent to an activating group) is 1. The number of aromatic amines is 1. The minimum absolute atomic E-state index is 0.0620. The zero-order valence-electron chi connectivity index (χ0n) is 13.9. The Labute approximate surface area is 130 Å². The lowest BCUT2D eigenvalue weighted by atomic mass is 10.0. The van der Waals surface area contributed by atoms with Crippen LogP contribution in [0.3, 0.4) is 0 Å². The Morgan fingerprint density at radius 3 is 2.77 bits per heavy atom. The summed E-state index contributed by atoms with van der Waals surface area (Å²) < 4.78 is 5.40. The first-order valence-corrected chi connectivity index (χ1v) is 7.70. The number of H-pyrrole nitrogens is 1. The van der Waals surface area contributed by atoms with Gasteiger partial charge in [-0.25, -0.2) is 0 Å². The average Bonchev–Trinajstić information content (AvgIpc) is 3.03. The van der Waals surface area contributed by atoms with Gasteiger partial charge in [0.15, 0.2) is 11.6 Å². The molecule has 0 radical (unpaired) electrons. The number of carbonyl (C=O) groups excluding carboxylic acids is 1. The van der Waals surface area contributed by atoms with Gasteiger partial charge < -0.3 is 14.8 Å². The molecule has 0 saturated heterocycles. The van der Waals surface area contributed by atoms with Crippen LogP contribution in [-0.2, 0) is 12.8 Å². The Bertz CT molecular complexity index is 657. The molecule has 0 saturated carbocycles. The van der Waals surface area contributed by atoms with Gasteiger partial charge in [-0.15, -0.1) is 0 Å². The molecule has 2 rings (SSSR count). The van der Waals surface area contributed by atoms with Crippen molar-refractivity contribution in [2.45, 2.75) is 53.0 Å². The van der Waals surface area contributed by atoms with E-state index in [0.29, 0.717) is 18.1 Å². The molecule has 6 heteroatoms. The first-order valence-electron chi connectivity index (χ1n) is 7.70. The topological polar surface area (TPSA) is 83.8 Å². The fourth-order valence-corrected chi connectivity index (χ4v) is 2.65. The van der Waals surface area contributed by atoms with Crippen LogP contribution in [0.1, 0.15) is 54.6 Å². The van der Waals surface area contributed by atoms with E-state index in [1.165, 1.54) is 0 Å². The van der Waals surface area contributed by atoms with E-state index in [9.17, 15) is 4.79 Å². The molecular weight excluding hydrogens is 280 g/mol. The molecule has 0 spiro atoms. The molecule has 2 heterocycles. The van der Waals surface area contributed by atoms with Crippen molar-refractivity contribution in [3.63, 3.8) is 0 Å². The summed E-state index contributed by atoms with van der Waals surface area (Å²) in [7, 11) is 1.90. The Morgan fingerprint density at radius 2 is 2.18 bits per heavy atom. The fraction of sp³-hybridized carbons (Fsp3) is 0.562. The van der Waals surface area contributed by atoms with Gasteiger partial charge in [0.05, 0.1) is 0 Å². The summed E-state index contributed by atoms with van der Waals surface area (Å²) in [5.74, 6) is 1.18. The molecule has 0 fully saturated rings.